The summed E-state index contributed by atoms with van der Waals surface area (Å²) in [5.74, 6) is 0.242. The minimum absolute atomic E-state index is 0.242. The molecular formula is C4H9BrOSi. The SMILES string of the molecule is CC(C)C(=O)[SiH2]Br. The van der Waals surface area contributed by atoms with Crippen LogP contribution in [0.4, 0.5) is 0 Å². The Hall–Kier alpha value is 0.367. The van der Waals surface area contributed by atoms with Gasteiger partial charge in [-0.25, -0.2) is 0 Å². The van der Waals surface area contributed by atoms with Gasteiger partial charge in [-0.15, -0.1) is 15.3 Å². The minimum Gasteiger partial charge on any atom is -0.305 e. The van der Waals surface area contributed by atoms with Crippen molar-refractivity contribution in [3.8, 4) is 0 Å². The van der Waals surface area contributed by atoms with Crippen molar-refractivity contribution in [1.29, 1.82) is 0 Å². The van der Waals surface area contributed by atoms with Gasteiger partial charge in [-0.1, -0.05) is 13.8 Å². The highest BCUT2D eigenvalue weighted by atomic mass is 79.9. The molecule has 1 nitrogen and oxygen atoms in total. The lowest BCUT2D eigenvalue weighted by Gasteiger charge is -1.94. The molecule has 0 heterocycles. The van der Waals surface area contributed by atoms with E-state index in [0.717, 1.165) is 0 Å². The highest BCUT2D eigenvalue weighted by molar-refractivity contribution is 9.24. The van der Waals surface area contributed by atoms with Gasteiger partial charge in [-0.05, 0) is 0 Å². The van der Waals surface area contributed by atoms with E-state index < -0.39 is 8.14 Å². The Morgan fingerprint density at radius 2 is 2.14 bits per heavy atom. The molecule has 0 saturated heterocycles. The van der Waals surface area contributed by atoms with E-state index >= 15 is 0 Å². The first-order valence-electron chi connectivity index (χ1n) is 2.27. The van der Waals surface area contributed by atoms with E-state index in [1.807, 2.05) is 13.8 Å². The van der Waals surface area contributed by atoms with Crippen molar-refractivity contribution in [2.45, 2.75) is 13.8 Å². The van der Waals surface area contributed by atoms with Crippen LogP contribution in [0.2, 0.25) is 0 Å². The van der Waals surface area contributed by atoms with E-state index in [4.69, 9.17) is 0 Å². The largest absolute Gasteiger partial charge is 0.305 e. The lowest BCUT2D eigenvalue weighted by atomic mass is 10.3. The van der Waals surface area contributed by atoms with Crippen LogP contribution in [0.25, 0.3) is 0 Å². The molecule has 0 atom stereocenters. The zero-order valence-corrected chi connectivity index (χ0v) is 7.57. The Bertz CT molecular complexity index is 72.1. The van der Waals surface area contributed by atoms with Crippen LogP contribution in [0.3, 0.4) is 0 Å². The molecule has 0 N–H and O–H groups in total. The third-order valence-electron chi connectivity index (χ3n) is 0.776. The fourth-order valence-corrected chi connectivity index (χ4v) is 2.41. The molecule has 0 aliphatic heterocycles. The topological polar surface area (TPSA) is 17.1 Å². The van der Waals surface area contributed by atoms with Crippen molar-refractivity contribution in [3.05, 3.63) is 0 Å². The van der Waals surface area contributed by atoms with Crippen LogP contribution < -0.4 is 0 Å². The molecule has 0 aliphatic rings. The van der Waals surface area contributed by atoms with Crippen LogP contribution in [0.5, 0.6) is 0 Å². The molecule has 0 aromatic rings. The summed E-state index contributed by atoms with van der Waals surface area (Å²) >= 11 is 3.20. The maximum atomic E-state index is 10.5. The predicted octanol–water partition coefficient (Wildman–Crippen LogP) is 0.648. The predicted molar refractivity (Wildman–Crippen MR) is 37.3 cm³/mol. The zero-order chi connectivity index (χ0) is 5.86. The number of hydrogen-bond acceptors (Lipinski definition) is 1. The first-order chi connectivity index (χ1) is 3.18. The van der Waals surface area contributed by atoms with Gasteiger partial charge in [0.15, 0.2) is 8.14 Å². The van der Waals surface area contributed by atoms with Crippen molar-refractivity contribution in [2.75, 3.05) is 0 Å². The molecule has 0 unspecified atom stereocenters. The molecule has 0 aromatic carbocycles. The van der Waals surface area contributed by atoms with E-state index in [1.165, 1.54) is 0 Å². The van der Waals surface area contributed by atoms with Crippen LogP contribution in [0, 0.1) is 5.92 Å². The summed E-state index contributed by atoms with van der Waals surface area (Å²) in [5, 5.41) is 0.403. The van der Waals surface area contributed by atoms with Gasteiger partial charge in [-0.3, -0.25) is 0 Å². The Morgan fingerprint density at radius 3 is 2.14 bits per heavy atom. The van der Waals surface area contributed by atoms with Gasteiger partial charge in [0.25, 0.3) is 0 Å². The second kappa shape index (κ2) is 3.38. The highest BCUT2D eigenvalue weighted by Gasteiger charge is 2.02. The van der Waals surface area contributed by atoms with Crippen LogP contribution in [0.15, 0.2) is 0 Å². The van der Waals surface area contributed by atoms with Gasteiger partial charge in [0.1, 0.15) is 5.41 Å². The molecule has 0 bridgehead atoms. The summed E-state index contributed by atoms with van der Waals surface area (Å²) in [4.78, 5) is 10.5. The smallest absolute Gasteiger partial charge is 0.175 e. The molecule has 0 saturated carbocycles. The third kappa shape index (κ3) is 3.00. The molecule has 0 aromatic heterocycles. The number of rotatable bonds is 2. The van der Waals surface area contributed by atoms with Crippen LogP contribution in [-0.4, -0.2) is 13.5 Å². The molecule has 0 radical (unpaired) electrons. The normalized spacial score (nSPS) is 11.4. The van der Waals surface area contributed by atoms with Crippen LogP contribution in [0.1, 0.15) is 13.8 Å². The molecule has 42 valence electrons. The summed E-state index contributed by atoms with van der Waals surface area (Å²) in [7, 11) is -0.535. The fraction of sp³-hybridized carbons (Fsp3) is 0.750. The first-order valence-corrected chi connectivity index (χ1v) is 6.87. The van der Waals surface area contributed by atoms with E-state index in [1.54, 1.807) is 0 Å². The van der Waals surface area contributed by atoms with Crippen molar-refractivity contribution < 1.29 is 4.79 Å². The Morgan fingerprint density at radius 1 is 1.71 bits per heavy atom. The van der Waals surface area contributed by atoms with Gasteiger partial charge < -0.3 is 4.79 Å². The quantitative estimate of drug-likeness (QED) is 0.451. The van der Waals surface area contributed by atoms with Crippen molar-refractivity contribution in [3.63, 3.8) is 0 Å². The molecule has 3 heteroatoms. The lowest BCUT2D eigenvalue weighted by molar-refractivity contribution is -0.114. The Balaban J connectivity index is 3.35. The molecule has 0 spiro atoms. The molecule has 0 fully saturated rings. The Kier molecular flexibility index (Phi) is 3.56. The highest BCUT2D eigenvalue weighted by Crippen LogP contribution is 1.93. The number of carbonyl (C=O) groups excluding carboxylic acids is 1. The van der Waals surface area contributed by atoms with Gasteiger partial charge >= 0.3 is 0 Å². The fourth-order valence-electron chi connectivity index (χ4n) is 0.154. The summed E-state index contributed by atoms with van der Waals surface area (Å²) in [6.45, 7) is 3.85. The Labute approximate surface area is 53.9 Å². The minimum atomic E-state index is -0.535. The number of hydrogen-bond donors (Lipinski definition) is 0. The van der Waals surface area contributed by atoms with Gasteiger partial charge in [0, 0.05) is 5.92 Å². The van der Waals surface area contributed by atoms with E-state index in [2.05, 4.69) is 15.3 Å². The average molecular weight is 181 g/mol. The maximum Gasteiger partial charge on any atom is 0.175 e. The summed E-state index contributed by atoms with van der Waals surface area (Å²) in [6.07, 6.45) is 0. The standard InChI is InChI=1S/C4H9BrOSi/c1-3(2)4(6)7-5/h3H,7H2,1-2H3. The first kappa shape index (κ1) is 7.37. The van der Waals surface area contributed by atoms with Gasteiger partial charge in [0.2, 0.25) is 0 Å². The van der Waals surface area contributed by atoms with Crippen molar-refractivity contribution >= 4 is 28.8 Å². The number of halogens is 1. The summed E-state index contributed by atoms with van der Waals surface area (Å²) < 4.78 is 0. The van der Waals surface area contributed by atoms with E-state index in [-0.39, 0.29) is 5.92 Å². The summed E-state index contributed by atoms with van der Waals surface area (Å²) in [6, 6.07) is 0. The third-order valence-corrected chi connectivity index (χ3v) is 3.51. The molecular weight excluding hydrogens is 172 g/mol. The van der Waals surface area contributed by atoms with Crippen LogP contribution >= 0.6 is 15.3 Å². The van der Waals surface area contributed by atoms with Crippen LogP contribution in [-0.2, 0) is 4.79 Å². The van der Waals surface area contributed by atoms with E-state index in [9.17, 15) is 4.79 Å². The van der Waals surface area contributed by atoms with E-state index in [0.29, 0.717) is 5.41 Å². The summed E-state index contributed by atoms with van der Waals surface area (Å²) in [5.41, 5.74) is 0. The molecule has 0 aliphatic carbocycles. The second-order valence-corrected chi connectivity index (χ2v) is 4.40. The van der Waals surface area contributed by atoms with Gasteiger partial charge in [0.05, 0.1) is 0 Å². The molecule has 0 amide bonds. The second-order valence-electron chi connectivity index (χ2n) is 1.75. The average Bonchev–Trinajstić information content (AvgIpc) is 1.65. The lowest BCUT2D eigenvalue weighted by Crippen LogP contribution is -2.09. The maximum absolute atomic E-state index is 10.5. The van der Waals surface area contributed by atoms with Crippen molar-refractivity contribution in [1.82, 2.24) is 0 Å². The van der Waals surface area contributed by atoms with Gasteiger partial charge in [-0.2, -0.15) is 0 Å². The number of carbonyl (C=O) groups is 1. The monoisotopic (exact) mass is 180 g/mol. The molecule has 7 heavy (non-hydrogen) atoms. The zero-order valence-electron chi connectivity index (χ0n) is 4.57. The van der Waals surface area contributed by atoms with Crippen molar-refractivity contribution in [2.24, 2.45) is 5.92 Å². The molecule has 0 rings (SSSR count).